The number of methoxy groups -OCH3 is 1. The molecule has 1 saturated heterocycles. The van der Waals surface area contributed by atoms with Gasteiger partial charge in [-0.2, -0.15) is 0 Å². The number of nitrogens with zero attached hydrogens (tertiary/aromatic N) is 2. The molecule has 3 heterocycles. The van der Waals surface area contributed by atoms with Crippen LogP contribution in [0.5, 0.6) is 11.6 Å². The molecule has 14 heteroatoms. The van der Waals surface area contributed by atoms with E-state index in [4.69, 9.17) is 15.2 Å². The van der Waals surface area contributed by atoms with Crippen molar-refractivity contribution in [1.82, 2.24) is 19.9 Å². The molecular weight excluding hydrogens is 653 g/mol. The summed E-state index contributed by atoms with van der Waals surface area (Å²) in [7, 11) is -2.49. The first kappa shape index (κ1) is 35.1. The van der Waals surface area contributed by atoms with E-state index in [-0.39, 0.29) is 37.1 Å². The lowest BCUT2D eigenvalue weighted by Gasteiger charge is -2.31. The van der Waals surface area contributed by atoms with Crippen molar-refractivity contribution in [2.24, 2.45) is 23.5 Å². The standard InChI is InChI=1S/C35H46FN5O7S/c1-5-21-14-20(2)8-6-7-9-22-17-35(22,33(44)40-49(45,46)34(3)12-13-34)39-30(42)27-16-24(19-41(27)32(43)29(21)37)48-31-26-15-23(36)10-11-25(26)28(47-4)18-38-31/h7,9-11,15,18,20-22,24,27,29H,5-6,8,12-14,16-17,19,37H2,1-4H3,(H,39,42)(H,40,44)/b9-7-/t20-,21-,22-,24-,27+,29+,35-/m1/s1. The molecule has 1 aromatic carbocycles. The summed E-state index contributed by atoms with van der Waals surface area (Å²) in [4.78, 5) is 47.9. The second-order valence-electron chi connectivity index (χ2n) is 14.5. The van der Waals surface area contributed by atoms with E-state index < -0.39 is 68.0 Å². The van der Waals surface area contributed by atoms with E-state index in [1.165, 1.54) is 30.3 Å². The molecule has 4 aliphatic rings. The monoisotopic (exact) mass is 699 g/mol. The number of allylic oxidation sites excluding steroid dienone is 1. The van der Waals surface area contributed by atoms with Gasteiger partial charge in [0.15, 0.2) is 0 Å². The number of aromatic nitrogens is 1. The summed E-state index contributed by atoms with van der Waals surface area (Å²) in [6.45, 7) is 5.69. The number of rotatable bonds is 7. The summed E-state index contributed by atoms with van der Waals surface area (Å²) in [5.41, 5.74) is 5.15. The van der Waals surface area contributed by atoms with Crippen LogP contribution in [0.15, 0.2) is 36.5 Å². The predicted octanol–water partition coefficient (Wildman–Crippen LogP) is 3.33. The molecule has 3 amide bonds. The van der Waals surface area contributed by atoms with Gasteiger partial charge in [-0.15, -0.1) is 0 Å². The molecule has 49 heavy (non-hydrogen) atoms. The summed E-state index contributed by atoms with van der Waals surface area (Å²) >= 11 is 0. The van der Waals surface area contributed by atoms with Crippen molar-refractivity contribution in [2.45, 2.75) is 101 Å². The largest absolute Gasteiger partial charge is 0.494 e. The van der Waals surface area contributed by atoms with Crippen LogP contribution in [0.4, 0.5) is 4.39 Å². The van der Waals surface area contributed by atoms with Gasteiger partial charge in [0.2, 0.25) is 27.7 Å². The van der Waals surface area contributed by atoms with Crippen molar-refractivity contribution < 1.29 is 36.7 Å². The van der Waals surface area contributed by atoms with Crippen molar-refractivity contribution >= 4 is 38.5 Å². The summed E-state index contributed by atoms with van der Waals surface area (Å²) in [5, 5.41) is 3.81. The lowest BCUT2D eigenvalue weighted by molar-refractivity contribution is -0.141. The predicted molar refractivity (Wildman–Crippen MR) is 180 cm³/mol. The number of carbonyl (C=O) groups excluding carboxylic acids is 3. The van der Waals surface area contributed by atoms with Crippen LogP contribution >= 0.6 is 0 Å². The quantitative estimate of drug-likeness (QED) is 0.367. The van der Waals surface area contributed by atoms with Gasteiger partial charge in [0, 0.05) is 17.7 Å². The molecule has 6 rings (SSSR count). The Labute approximate surface area is 286 Å². The Hall–Kier alpha value is -3.78. The molecule has 4 N–H and O–H groups in total. The topological polar surface area (TPSA) is 170 Å². The third-order valence-electron chi connectivity index (χ3n) is 10.9. The fourth-order valence-electron chi connectivity index (χ4n) is 7.26. The molecule has 2 saturated carbocycles. The average molecular weight is 700 g/mol. The molecule has 2 aliphatic heterocycles. The number of halogens is 1. The number of amides is 3. The van der Waals surface area contributed by atoms with Crippen LogP contribution in [-0.4, -0.2) is 78.2 Å². The zero-order valence-corrected chi connectivity index (χ0v) is 29.2. The highest BCUT2D eigenvalue weighted by atomic mass is 32.2. The van der Waals surface area contributed by atoms with Crippen molar-refractivity contribution in [1.29, 1.82) is 0 Å². The molecular formula is C35H46FN5O7S. The van der Waals surface area contributed by atoms with Crippen LogP contribution in [0.1, 0.15) is 72.1 Å². The van der Waals surface area contributed by atoms with E-state index >= 15 is 0 Å². The van der Waals surface area contributed by atoms with Gasteiger partial charge in [-0.25, -0.2) is 17.8 Å². The summed E-state index contributed by atoms with van der Waals surface area (Å²) < 4.78 is 53.4. The number of nitrogens with two attached hydrogens (primary N) is 1. The van der Waals surface area contributed by atoms with E-state index in [0.29, 0.717) is 35.8 Å². The van der Waals surface area contributed by atoms with E-state index in [2.05, 4.69) is 21.9 Å². The summed E-state index contributed by atoms with van der Waals surface area (Å²) in [6, 6.07) is 2.20. The van der Waals surface area contributed by atoms with E-state index in [1.54, 1.807) is 13.0 Å². The van der Waals surface area contributed by atoms with Gasteiger partial charge >= 0.3 is 0 Å². The lowest BCUT2D eigenvalue weighted by Crippen LogP contribution is -2.58. The number of ether oxygens (including phenoxy) is 2. The zero-order valence-electron chi connectivity index (χ0n) is 28.4. The normalized spacial score (nSPS) is 32.2. The number of fused-ring (bicyclic) bond motifs is 3. The molecule has 7 atom stereocenters. The summed E-state index contributed by atoms with van der Waals surface area (Å²) in [5.74, 6) is -2.06. The molecule has 1 aromatic heterocycles. The minimum absolute atomic E-state index is 0.00358. The molecule has 2 aromatic rings. The third kappa shape index (κ3) is 6.73. The number of hydrogen-bond acceptors (Lipinski definition) is 9. The molecule has 0 radical (unpaired) electrons. The SMILES string of the molecule is CC[C@@H]1C[C@H](C)CC/C=C\[C@@H]2C[C@@]2(C(=O)NS(=O)(=O)C2(C)CC2)NC(=O)[C@@H]2C[C@@H](Oc3ncc(OC)c4ccc(F)cc34)CN2C(=O)[C@H]1N. The lowest BCUT2D eigenvalue weighted by atomic mass is 9.85. The molecule has 0 unspecified atom stereocenters. The number of sulfonamides is 1. The Morgan fingerprint density at radius 3 is 2.67 bits per heavy atom. The number of nitrogens with one attached hydrogen (secondary N) is 2. The maximum atomic E-state index is 14.4. The van der Waals surface area contributed by atoms with Crippen LogP contribution < -0.4 is 25.2 Å². The second-order valence-corrected chi connectivity index (χ2v) is 16.7. The Morgan fingerprint density at radius 1 is 1.22 bits per heavy atom. The van der Waals surface area contributed by atoms with Crippen LogP contribution in [0, 0.1) is 23.6 Å². The maximum absolute atomic E-state index is 14.4. The zero-order chi connectivity index (χ0) is 35.3. The molecule has 3 fully saturated rings. The van der Waals surface area contributed by atoms with Crippen molar-refractivity contribution in [3.63, 3.8) is 0 Å². The number of pyridine rings is 1. The molecule has 0 spiro atoms. The minimum atomic E-state index is -3.97. The smallest absolute Gasteiger partial charge is 0.259 e. The van der Waals surface area contributed by atoms with Gasteiger partial charge in [0.05, 0.1) is 36.0 Å². The first-order valence-corrected chi connectivity index (χ1v) is 18.6. The molecule has 266 valence electrons. The Kier molecular flexibility index (Phi) is 9.42. The third-order valence-corrected chi connectivity index (χ3v) is 13.1. The van der Waals surface area contributed by atoms with Crippen LogP contribution in [0.25, 0.3) is 10.8 Å². The summed E-state index contributed by atoms with van der Waals surface area (Å²) in [6.07, 6.45) is 8.69. The van der Waals surface area contributed by atoms with Crippen LogP contribution in [-0.2, 0) is 24.4 Å². The van der Waals surface area contributed by atoms with Gasteiger partial charge in [0.1, 0.15) is 29.3 Å². The number of hydrogen-bond donors (Lipinski definition) is 3. The number of carbonyl (C=O) groups is 3. The molecule has 2 aliphatic carbocycles. The Balaban J connectivity index is 1.32. The average Bonchev–Trinajstić information content (AvgIpc) is 3.95. The van der Waals surface area contributed by atoms with E-state index in [0.717, 1.165) is 19.3 Å². The number of benzene rings is 1. The first-order chi connectivity index (χ1) is 23.2. The van der Waals surface area contributed by atoms with Gasteiger partial charge < -0.3 is 25.4 Å². The Morgan fingerprint density at radius 2 is 1.98 bits per heavy atom. The van der Waals surface area contributed by atoms with E-state index in [1.807, 2.05) is 19.1 Å². The Bertz CT molecular complexity index is 1780. The second kappa shape index (κ2) is 13.2. The van der Waals surface area contributed by atoms with Crippen molar-refractivity contribution in [3.8, 4) is 11.6 Å². The highest BCUT2D eigenvalue weighted by Crippen LogP contribution is 2.47. The van der Waals surface area contributed by atoms with Gasteiger partial charge in [-0.05, 0) is 75.5 Å². The fraction of sp³-hybridized carbons (Fsp3) is 0.600. The van der Waals surface area contributed by atoms with Crippen LogP contribution in [0.2, 0.25) is 0 Å². The molecule has 12 nitrogen and oxygen atoms in total. The highest BCUT2D eigenvalue weighted by Gasteiger charge is 2.63. The van der Waals surface area contributed by atoms with Crippen molar-refractivity contribution in [2.75, 3.05) is 13.7 Å². The first-order valence-electron chi connectivity index (χ1n) is 17.1. The van der Waals surface area contributed by atoms with E-state index in [9.17, 15) is 27.2 Å². The van der Waals surface area contributed by atoms with Crippen molar-refractivity contribution in [3.05, 3.63) is 42.4 Å². The fourth-order valence-corrected chi connectivity index (χ4v) is 8.57. The van der Waals surface area contributed by atoms with Gasteiger partial charge in [-0.3, -0.25) is 19.1 Å². The van der Waals surface area contributed by atoms with Crippen LogP contribution in [0.3, 0.4) is 0 Å². The maximum Gasteiger partial charge on any atom is 0.259 e. The highest BCUT2D eigenvalue weighted by molar-refractivity contribution is 7.91. The van der Waals surface area contributed by atoms with Gasteiger partial charge in [0.25, 0.3) is 5.91 Å². The van der Waals surface area contributed by atoms with Gasteiger partial charge in [-0.1, -0.05) is 32.4 Å². The minimum Gasteiger partial charge on any atom is -0.494 e. The molecule has 0 bridgehead atoms.